The zero-order valence-corrected chi connectivity index (χ0v) is 17.6. The molecule has 4 rings (SSSR count). The number of nitrogens with one attached hydrogen (secondary N) is 1. The molecule has 0 unspecified atom stereocenters. The van der Waals surface area contributed by atoms with Gasteiger partial charge in [0, 0.05) is 38.9 Å². The van der Waals surface area contributed by atoms with Gasteiger partial charge in [0.1, 0.15) is 5.56 Å². The fraction of sp³-hybridized carbons (Fsp3) is 0.304. The Morgan fingerprint density at radius 2 is 2.00 bits per heavy atom. The van der Waals surface area contributed by atoms with Gasteiger partial charge in [-0.05, 0) is 36.5 Å². The molecule has 0 fully saturated rings. The van der Waals surface area contributed by atoms with Crippen LogP contribution in [-0.4, -0.2) is 40.0 Å². The highest BCUT2D eigenvalue weighted by molar-refractivity contribution is 5.96. The monoisotopic (exact) mass is 420 g/mol. The zero-order chi connectivity index (χ0) is 22.0. The van der Waals surface area contributed by atoms with Crippen LogP contribution in [0.1, 0.15) is 43.3 Å². The van der Waals surface area contributed by atoms with Gasteiger partial charge >= 0.3 is 0 Å². The second-order valence-electron chi connectivity index (χ2n) is 7.63. The Morgan fingerprint density at radius 3 is 2.68 bits per heavy atom. The molecule has 0 saturated heterocycles. The lowest BCUT2D eigenvalue weighted by molar-refractivity contribution is 0.0691. The van der Waals surface area contributed by atoms with Crippen molar-refractivity contribution in [1.82, 2.24) is 19.9 Å². The first-order chi connectivity index (χ1) is 15.0. The molecular formula is C23H24N4O4. The van der Waals surface area contributed by atoms with Crippen molar-refractivity contribution in [1.29, 1.82) is 0 Å². The lowest BCUT2D eigenvalue weighted by atomic mass is 9.95. The Labute approximate surface area is 179 Å². The van der Waals surface area contributed by atoms with Gasteiger partial charge in [0.05, 0.1) is 5.69 Å². The standard InChI is InChI=1S/C23H24N4O4/c1-15-12-19(31-25-15)22(29)26-11-9-18-17(13-26)14-27(23(30)20(18)21(28)24-2)10-8-16-6-4-3-5-7-16/h3-7,12,14H,8-11,13H2,1-2H3,(H,24,28). The van der Waals surface area contributed by atoms with E-state index in [2.05, 4.69) is 10.5 Å². The summed E-state index contributed by atoms with van der Waals surface area (Å²) in [6.45, 7) is 2.88. The molecule has 8 heteroatoms. The van der Waals surface area contributed by atoms with Gasteiger partial charge in [-0.3, -0.25) is 14.4 Å². The van der Waals surface area contributed by atoms with Crippen LogP contribution in [0.25, 0.3) is 0 Å². The predicted octanol–water partition coefficient (Wildman–Crippen LogP) is 1.95. The normalized spacial score (nSPS) is 13.0. The minimum absolute atomic E-state index is 0.163. The molecule has 160 valence electrons. The number of aryl methyl sites for hydroxylation is 3. The smallest absolute Gasteiger partial charge is 0.292 e. The molecule has 2 amide bonds. The van der Waals surface area contributed by atoms with Crippen molar-refractivity contribution in [3.8, 4) is 0 Å². The van der Waals surface area contributed by atoms with Gasteiger partial charge in [0.25, 0.3) is 17.4 Å². The van der Waals surface area contributed by atoms with Crippen LogP contribution >= 0.6 is 0 Å². The average molecular weight is 420 g/mol. The van der Waals surface area contributed by atoms with Gasteiger partial charge in [-0.15, -0.1) is 0 Å². The van der Waals surface area contributed by atoms with Crippen LogP contribution in [0.15, 0.2) is 51.9 Å². The Hall–Kier alpha value is -3.68. The number of hydrogen-bond acceptors (Lipinski definition) is 5. The van der Waals surface area contributed by atoms with Gasteiger partial charge in [0.2, 0.25) is 5.76 Å². The third-order valence-electron chi connectivity index (χ3n) is 5.53. The molecule has 2 aromatic heterocycles. The van der Waals surface area contributed by atoms with E-state index in [0.717, 1.165) is 11.1 Å². The maximum absolute atomic E-state index is 13.1. The number of benzene rings is 1. The molecule has 8 nitrogen and oxygen atoms in total. The van der Waals surface area contributed by atoms with E-state index in [1.165, 1.54) is 7.05 Å². The lowest BCUT2D eigenvalue weighted by Gasteiger charge is -2.29. The summed E-state index contributed by atoms with van der Waals surface area (Å²) < 4.78 is 6.69. The van der Waals surface area contributed by atoms with E-state index >= 15 is 0 Å². The Bertz CT molecular complexity index is 1180. The molecule has 0 atom stereocenters. The average Bonchev–Trinajstić information content (AvgIpc) is 3.23. The van der Waals surface area contributed by atoms with Gasteiger partial charge in [-0.1, -0.05) is 35.5 Å². The first kappa shape index (κ1) is 20.6. The number of nitrogens with zero attached hydrogens (tertiary/aromatic N) is 3. The largest absolute Gasteiger partial charge is 0.355 e. The van der Waals surface area contributed by atoms with Gasteiger partial charge in [0.15, 0.2) is 0 Å². The highest BCUT2D eigenvalue weighted by atomic mass is 16.5. The molecule has 0 spiro atoms. The summed E-state index contributed by atoms with van der Waals surface area (Å²) in [7, 11) is 1.51. The second kappa shape index (κ2) is 8.59. The van der Waals surface area contributed by atoms with Gasteiger partial charge in [-0.25, -0.2) is 0 Å². The van der Waals surface area contributed by atoms with E-state index in [0.29, 0.717) is 43.7 Å². The summed E-state index contributed by atoms with van der Waals surface area (Å²) in [6.07, 6.45) is 2.86. The first-order valence-corrected chi connectivity index (χ1v) is 10.2. The summed E-state index contributed by atoms with van der Waals surface area (Å²) in [5.41, 5.74) is 3.10. The molecule has 0 aliphatic carbocycles. The Morgan fingerprint density at radius 1 is 1.23 bits per heavy atom. The van der Waals surface area contributed by atoms with Crippen LogP contribution in [0.4, 0.5) is 0 Å². The molecule has 1 aromatic carbocycles. The quantitative estimate of drug-likeness (QED) is 0.680. The summed E-state index contributed by atoms with van der Waals surface area (Å²) in [5, 5.41) is 6.36. The Balaban J connectivity index is 1.67. The predicted molar refractivity (Wildman–Crippen MR) is 114 cm³/mol. The number of rotatable bonds is 5. The van der Waals surface area contributed by atoms with Crippen molar-refractivity contribution in [3.63, 3.8) is 0 Å². The van der Waals surface area contributed by atoms with Crippen molar-refractivity contribution in [2.24, 2.45) is 0 Å². The van der Waals surface area contributed by atoms with Crippen molar-refractivity contribution < 1.29 is 14.1 Å². The van der Waals surface area contributed by atoms with Crippen molar-refractivity contribution in [2.75, 3.05) is 13.6 Å². The molecule has 3 heterocycles. The molecule has 0 radical (unpaired) electrons. The maximum atomic E-state index is 13.1. The van der Waals surface area contributed by atoms with E-state index in [9.17, 15) is 14.4 Å². The fourth-order valence-corrected chi connectivity index (χ4v) is 3.92. The minimum Gasteiger partial charge on any atom is -0.355 e. The van der Waals surface area contributed by atoms with E-state index in [4.69, 9.17) is 4.52 Å². The zero-order valence-electron chi connectivity index (χ0n) is 17.6. The summed E-state index contributed by atoms with van der Waals surface area (Å²) in [6, 6.07) is 11.5. The molecule has 0 saturated carbocycles. The molecular weight excluding hydrogens is 396 g/mol. The van der Waals surface area contributed by atoms with E-state index < -0.39 is 5.91 Å². The number of carbonyl (C=O) groups is 2. The number of fused-ring (bicyclic) bond motifs is 1. The highest BCUT2D eigenvalue weighted by Crippen LogP contribution is 2.23. The van der Waals surface area contributed by atoms with Crippen molar-refractivity contribution >= 4 is 11.8 Å². The number of aromatic nitrogens is 2. The molecule has 3 aromatic rings. The van der Waals surface area contributed by atoms with E-state index in [1.54, 1.807) is 28.7 Å². The number of carbonyl (C=O) groups excluding carboxylic acids is 2. The number of hydrogen-bond donors (Lipinski definition) is 1. The van der Waals surface area contributed by atoms with Crippen LogP contribution in [0.2, 0.25) is 0 Å². The minimum atomic E-state index is -0.402. The lowest BCUT2D eigenvalue weighted by Crippen LogP contribution is -2.41. The SMILES string of the molecule is CNC(=O)c1c2c(cn(CCc3ccccc3)c1=O)CN(C(=O)c1cc(C)no1)CC2. The fourth-order valence-electron chi connectivity index (χ4n) is 3.92. The van der Waals surface area contributed by atoms with E-state index in [-0.39, 0.29) is 22.8 Å². The molecule has 31 heavy (non-hydrogen) atoms. The van der Waals surface area contributed by atoms with E-state index in [1.807, 2.05) is 30.3 Å². The Kier molecular flexibility index (Phi) is 5.70. The summed E-state index contributed by atoms with van der Waals surface area (Å²) in [5.74, 6) is -0.472. The van der Waals surface area contributed by atoms with Crippen LogP contribution in [-0.2, 0) is 25.9 Å². The van der Waals surface area contributed by atoms with Crippen LogP contribution in [0, 0.1) is 6.92 Å². The highest BCUT2D eigenvalue weighted by Gasteiger charge is 2.29. The van der Waals surface area contributed by atoms with Crippen molar-refractivity contribution in [2.45, 2.75) is 32.9 Å². The summed E-state index contributed by atoms with van der Waals surface area (Å²) >= 11 is 0. The van der Waals surface area contributed by atoms with Crippen LogP contribution in [0.3, 0.4) is 0 Å². The third-order valence-corrected chi connectivity index (χ3v) is 5.53. The molecule has 1 N–H and O–H groups in total. The number of amides is 2. The molecule has 1 aliphatic rings. The van der Waals surface area contributed by atoms with Crippen molar-refractivity contribution in [3.05, 3.63) is 86.7 Å². The van der Waals surface area contributed by atoms with Crippen LogP contribution < -0.4 is 10.9 Å². The number of pyridine rings is 1. The topological polar surface area (TPSA) is 97.4 Å². The first-order valence-electron chi connectivity index (χ1n) is 10.2. The van der Waals surface area contributed by atoms with Gasteiger partial charge in [-0.2, -0.15) is 0 Å². The maximum Gasteiger partial charge on any atom is 0.292 e. The van der Waals surface area contributed by atoms with Crippen LogP contribution in [0.5, 0.6) is 0 Å². The second-order valence-corrected chi connectivity index (χ2v) is 7.63. The van der Waals surface area contributed by atoms with Gasteiger partial charge < -0.3 is 19.3 Å². The third kappa shape index (κ3) is 4.14. The summed E-state index contributed by atoms with van der Waals surface area (Å²) in [4.78, 5) is 40.1. The molecule has 0 bridgehead atoms. The molecule has 1 aliphatic heterocycles.